The van der Waals surface area contributed by atoms with Crippen molar-refractivity contribution in [1.29, 1.82) is 0 Å². The third kappa shape index (κ3) is 9.28. The Morgan fingerprint density at radius 1 is 0.219 bits per heavy atom. The molecule has 4 heteroatoms. The molecule has 0 saturated carbocycles. The Bertz CT molecular complexity index is 2970. The molecule has 64 heavy (non-hydrogen) atoms. The second kappa shape index (κ2) is 19.6. The SMILES string of the molecule is CN(c1ccccc1)c1ccc(N(c2ccccc2)c2ccc(-c3ccccc3)cc2)cc1.CN(c1ccccc1)c1ccc(N(c2ccccc2)c2cccc3ccccc23)cc1. The maximum atomic E-state index is 2.33. The molecule has 0 fully saturated rings. The van der Waals surface area contributed by atoms with E-state index in [0.29, 0.717) is 0 Å². The molecule has 0 unspecified atom stereocenters. The lowest BCUT2D eigenvalue weighted by molar-refractivity contribution is 1.20. The minimum absolute atomic E-state index is 1.12. The zero-order valence-corrected chi connectivity index (χ0v) is 36.2. The maximum Gasteiger partial charge on any atom is 0.0540 e. The van der Waals surface area contributed by atoms with Crippen LogP contribution in [-0.2, 0) is 0 Å². The summed E-state index contributed by atoms with van der Waals surface area (Å²) < 4.78 is 0. The molecule has 0 aliphatic heterocycles. The lowest BCUT2D eigenvalue weighted by Gasteiger charge is -2.27. The van der Waals surface area contributed by atoms with Gasteiger partial charge in [0.15, 0.2) is 0 Å². The van der Waals surface area contributed by atoms with Crippen molar-refractivity contribution in [3.63, 3.8) is 0 Å². The third-order valence-electron chi connectivity index (χ3n) is 11.5. The molecule has 0 heterocycles. The van der Waals surface area contributed by atoms with Crippen LogP contribution < -0.4 is 19.6 Å². The van der Waals surface area contributed by atoms with Crippen molar-refractivity contribution < 1.29 is 0 Å². The van der Waals surface area contributed by atoms with Crippen LogP contribution in [0.3, 0.4) is 0 Å². The van der Waals surface area contributed by atoms with Crippen molar-refractivity contribution in [2.24, 2.45) is 0 Å². The number of rotatable bonds is 11. The Balaban J connectivity index is 0.000000162. The number of para-hydroxylation sites is 4. The average molecular weight is 827 g/mol. The molecule has 10 aromatic carbocycles. The summed E-state index contributed by atoms with van der Waals surface area (Å²) >= 11 is 0. The van der Waals surface area contributed by atoms with Crippen LogP contribution in [-0.4, -0.2) is 14.1 Å². The van der Waals surface area contributed by atoms with Gasteiger partial charge in [-0.25, -0.2) is 0 Å². The second-order valence-corrected chi connectivity index (χ2v) is 15.6. The van der Waals surface area contributed by atoms with Gasteiger partial charge in [0, 0.05) is 70.7 Å². The lowest BCUT2D eigenvalue weighted by Crippen LogP contribution is -2.12. The van der Waals surface area contributed by atoms with E-state index in [-0.39, 0.29) is 0 Å². The largest absolute Gasteiger partial charge is 0.345 e. The first kappa shape index (κ1) is 41.0. The van der Waals surface area contributed by atoms with Gasteiger partial charge >= 0.3 is 0 Å². The third-order valence-corrected chi connectivity index (χ3v) is 11.5. The van der Waals surface area contributed by atoms with Crippen LogP contribution in [0.5, 0.6) is 0 Å². The van der Waals surface area contributed by atoms with Crippen LogP contribution in [0.2, 0.25) is 0 Å². The molecule has 10 aromatic rings. The molecule has 0 spiro atoms. The quantitative estimate of drug-likeness (QED) is 0.129. The summed E-state index contributed by atoms with van der Waals surface area (Å²) in [5.74, 6) is 0. The van der Waals surface area contributed by atoms with Crippen molar-refractivity contribution in [1.82, 2.24) is 0 Å². The first-order valence-electron chi connectivity index (χ1n) is 21.7. The standard InChI is InChI=1S/C31H26N2.C29H24N2/c1-32(27-13-7-3-8-14-27)28-21-23-31(24-22-28)33(29-15-9-4-10-16-29)30-19-17-26(18-20-30)25-11-5-2-6-12-25;1-30(24-13-4-2-5-14-24)25-19-21-27(22-20-25)31(26-15-6-3-7-16-26)29-18-10-12-23-11-8-9-17-28(23)29/h2-24H,1H3;2-22H,1H3. The van der Waals surface area contributed by atoms with E-state index < -0.39 is 0 Å². The molecule has 0 bridgehead atoms. The molecule has 0 N–H and O–H groups in total. The highest BCUT2D eigenvalue weighted by Gasteiger charge is 2.16. The first-order chi connectivity index (χ1) is 31.6. The molecule has 10 rings (SSSR count). The summed E-state index contributed by atoms with van der Waals surface area (Å²) in [6.07, 6.45) is 0. The summed E-state index contributed by atoms with van der Waals surface area (Å²) in [6, 6.07) is 93.7. The van der Waals surface area contributed by atoms with Gasteiger partial charge in [-0.15, -0.1) is 0 Å². The van der Waals surface area contributed by atoms with Crippen molar-refractivity contribution >= 4 is 67.6 Å². The number of benzene rings is 10. The zero-order valence-electron chi connectivity index (χ0n) is 36.2. The van der Waals surface area contributed by atoms with Crippen molar-refractivity contribution in [3.8, 4) is 11.1 Å². The fraction of sp³-hybridized carbons (Fsp3) is 0.0333. The number of anilines is 10. The van der Waals surface area contributed by atoms with Crippen LogP contribution in [0.4, 0.5) is 56.9 Å². The van der Waals surface area contributed by atoms with E-state index in [1.165, 1.54) is 39.0 Å². The van der Waals surface area contributed by atoms with E-state index in [4.69, 9.17) is 0 Å². The highest BCUT2D eigenvalue weighted by molar-refractivity contribution is 5.99. The van der Waals surface area contributed by atoms with Gasteiger partial charge in [0.25, 0.3) is 0 Å². The lowest BCUT2D eigenvalue weighted by atomic mass is 10.0. The Labute approximate surface area is 377 Å². The van der Waals surface area contributed by atoms with Gasteiger partial charge < -0.3 is 19.6 Å². The molecule has 0 aromatic heterocycles. The molecule has 4 nitrogen and oxygen atoms in total. The summed E-state index contributed by atoms with van der Waals surface area (Å²) in [6.45, 7) is 0. The highest BCUT2D eigenvalue weighted by atomic mass is 15.2. The molecule has 0 aliphatic carbocycles. The number of hydrogen-bond acceptors (Lipinski definition) is 4. The predicted octanol–water partition coefficient (Wildman–Crippen LogP) is 16.7. The fourth-order valence-corrected chi connectivity index (χ4v) is 8.12. The van der Waals surface area contributed by atoms with Gasteiger partial charge in [0.05, 0.1) is 5.69 Å². The summed E-state index contributed by atoms with van der Waals surface area (Å²) in [7, 11) is 4.20. The summed E-state index contributed by atoms with van der Waals surface area (Å²) in [4.78, 5) is 9.02. The zero-order chi connectivity index (χ0) is 43.5. The van der Waals surface area contributed by atoms with Gasteiger partial charge in [0.2, 0.25) is 0 Å². The predicted molar refractivity (Wildman–Crippen MR) is 274 cm³/mol. The van der Waals surface area contributed by atoms with Gasteiger partial charge in [-0.1, -0.05) is 152 Å². The van der Waals surface area contributed by atoms with E-state index in [0.717, 1.165) is 39.8 Å². The fourth-order valence-electron chi connectivity index (χ4n) is 8.12. The molecule has 0 radical (unpaired) electrons. The normalized spacial score (nSPS) is 10.7. The number of fused-ring (bicyclic) bond motifs is 1. The molecule has 0 amide bonds. The Hall–Kier alpha value is -8.34. The van der Waals surface area contributed by atoms with Crippen LogP contribution in [0.15, 0.2) is 267 Å². The van der Waals surface area contributed by atoms with E-state index in [2.05, 4.69) is 282 Å². The number of nitrogens with zero attached hydrogens (tertiary/aromatic N) is 4. The number of hydrogen-bond donors (Lipinski definition) is 0. The van der Waals surface area contributed by atoms with Crippen molar-refractivity contribution in [2.45, 2.75) is 0 Å². The first-order valence-corrected chi connectivity index (χ1v) is 21.7. The Morgan fingerprint density at radius 3 is 1.00 bits per heavy atom. The molecule has 0 atom stereocenters. The second-order valence-electron chi connectivity index (χ2n) is 15.6. The smallest absolute Gasteiger partial charge is 0.0540 e. The van der Waals surface area contributed by atoms with Gasteiger partial charge in [0.1, 0.15) is 0 Å². The summed E-state index contributed by atoms with van der Waals surface area (Å²) in [5, 5.41) is 2.47. The van der Waals surface area contributed by atoms with Gasteiger partial charge in [-0.05, 0) is 132 Å². The molecular formula is C60H50N4. The van der Waals surface area contributed by atoms with E-state index in [9.17, 15) is 0 Å². The maximum absolute atomic E-state index is 2.33. The Morgan fingerprint density at radius 2 is 0.516 bits per heavy atom. The monoisotopic (exact) mass is 826 g/mol. The summed E-state index contributed by atoms with van der Waals surface area (Å²) in [5.41, 5.74) is 13.9. The Kier molecular flexibility index (Phi) is 12.6. The van der Waals surface area contributed by atoms with Gasteiger partial charge in [-0.3, -0.25) is 0 Å². The van der Waals surface area contributed by atoms with Crippen LogP contribution in [0, 0.1) is 0 Å². The molecule has 0 saturated heterocycles. The topological polar surface area (TPSA) is 13.0 Å². The van der Waals surface area contributed by atoms with Gasteiger partial charge in [-0.2, -0.15) is 0 Å². The van der Waals surface area contributed by atoms with Crippen molar-refractivity contribution in [3.05, 3.63) is 267 Å². The molecule has 310 valence electrons. The highest BCUT2D eigenvalue weighted by Crippen LogP contribution is 2.40. The van der Waals surface area contributed by atoms with E-state index >= 15 is 0 Å². The minimum atomic E-state index is 1.12. The minimum Gasteiger partial charge on any atom is -0.345 e. The van der Waals surface area contributed by atoms with Crippen LogP contribution >= 0.6 is 0 Å². The van der Waals surface area contributed by atoms with E-state index in [1.54, 1.807) is 0 Å². The molecular weight excluding hydrogens is 777 g/mol. The van der Waals surface area contributed by atoms with E-state index in [1.807, 2.05) is 18.2 Å². The molecule has 0 aliphatic rings. The van der Waals surface area contributed by atoms with Crippen LogP contribution in [0.1, 0.15) is 0 Å². The van der Waals surface area contributed by atoms with Crippen molar-refractivity contribution in [2.75, 3.05) is 33.7 Å². The average Bonchev–Trinajstić information content (AvgIpc) is 3.38. The van der Waals surface area contributed by atoms with Crippen LogP contribution in [0.25, 0.3) is 21.9 Å².